The van der Waals surface area contributed by atoms with Gasteiger partial charge in [-0.25, -0.2) is 0 Å². The van der Waals surface area contributed by atoms with Crippen molar-refractivity contribution in [1.82, 2.24) is 10.9 Å². The van der Waals surface area contributed by atoms with Gasteiger partial charge in [0.25, 0.3) is 5.91 Å². The van der Waals surface area contributed by atoms with E-state index in [1.165, 1.54) is 11.8 Å². The van der Waals surface area contributed by atoms with Gasteiger partial charge in [-0.3, -0.25) is 20.4 Å². The Morgan fingerprint density at radius 3 is 2.37 bits per heavy atom. The van der Waals surface area contributed by atoms with Crippen molar-refractivity contribution in [3.8, 4) is 11.5 Å². The number of nitrogens with one attached hydrogen (secondary N) is 2. The van der Waals surface area contributed by atoms with Crippen molar-refractivity contribution >= 4 is 23.6 Å². The van der Waals surface area contributed by atoms with E-state index in [4.69, 9.17) is 9.47 Å². The van der Waals surface area contributed by atoms with Gasteiger partial charge in [0.1, 0.15) is 11.5 Å². The van der Waals surface area contributed by atoms with Crippen molar-refractivity contribution < 1.29 is 19.1 Å². The molecule has 2 amide bonds. The first-order chi connectivity index (χ1) is 13.0. The molecule has 0 heterocycles. The molecule has 0 saturated heterocycles. The summed E-state index contributed by atoms with van der Waals surface area (Å²) in [5.74, 6) is 0.769. The molecular formula is C20H24N2O4S. The monoisotopic (exact) mass is 388 g/mol. The molecule has 0 bridgehead atoms. The third-order valence-electron chi connectivity index (χ3n) is 3.59. The zero-order chi connectivity index (χ0) is 19.6. The van der Waals surface area contributed by atoms with Gasteiger partial charge in [-0.05, 0) is 56.7 Å². The topological polar surface area (TPSA) is 76.7 Å². The van der Waals surface area contributed by atoms with E-state index in [9.17, 15) is 9.59 Å². The molecule has 27 heavy (non-hydrogen) atoms. The predicted octanol–water partition coefficient (Wildman–Crippen LogP) is 3.10. The molecule has 6 nitrogen and oxygen atoms in total. The number of amides is 2. The summed E-state index contributed by atoms with van der Waals surface area (Å²) >= 11 is 1.42. The standard InChI is InChI=1S/C20H24N2O4S/c1-4-25-16-9-11-17(12-10-16)26-15(3)20(24)22-21-19(23)13-27-18-8-6-5-7-14(18)2/h5-12,15H,4,13H2,1-3H3,(H,21,23)(H,22,24)/t15-/m1/s1. The molecular weight excluding hydrogens is 364 g/mol. The van der Waals surface area contributed by atoms with Crippen LogP contribution in [-0.2, 0) is 9.59 Å². The molecule has 0 unspecified atom stereocenters. The molecule has 0 aliphatic rings. The van der Waals surface area contributed by atoms with Crippen LogP contribution in [0.15, 0.2) is 53.4 Å². The molecule has 0 spiro atoms. The van der Waals surface area contributed by atoms with Crippen LogP contribution in [0.25, 0.3) is 0 Å². The molecule has 2 N–H and O–H groups in total. The van der Waals surface area contributed by atoms with Gasteiger partial charge >= 0.3 is 0 Å². The number of benzene rings is 2. The van der Waals surface area contributed by atoms with Gasteiger partial charge in [-0.15, -0.1) is 11.8 Å². The molecule has 7 heteroatoms. The minimum Gasteiger partial charge on any atom is -0.494 e. The minimum atomic E-state index is -0.757. The van der Waals surface area contributed by atoms with Crippen LogP contribution in [0, 0.1) is 6.92 Å². The largest absolute Gasteiger partial charge is 0.494 e. The maximum Gasteiger partial charge on any atom is 0.279 e. The third-order valence-corrected chi connectivity index (χ3v) is 4.77. The van der Waals surface area contributed by atoms with Crippen molar-refractivity contribution in [2.24, 2.45) is 0 Å². The highest BCUT2D eigenvalue weighted by atomic mass is 32.2. The Balaban J connectivity index is 1.73. The summed E-state index contributed by atoms with van der Waals surface area (Å²) in [4.78, 5) is 25.0. The van der Waals surface area contributed by atoms with Crippen LogP contribution in [0.3, 0.4) is 0 Å². The van der Waals surface area contributed by atoms with Crippen LogP contribution < -0.4 is 20.3 Å². The molecule has 144 valence electrons. The van der Waals surface area contributed by atoms with Gasteiger partial charge < -0.3 is 9.47 Å². The molecule has 2 aromatic rings. The smallest absolute Gasteiger partial charge is 0.279 e. The fourth-order valence-corrected chi connectivity index (χ4v) is 3.00. The average Bonchev–Trinajstić information content (AvgIpc) is 2.67. The number of carbonyl (C=O) groups excluding carboxylic acids is 2. The second-order valence-electron chi connectivity index (χ2n) is 5.76. The summed E-state index contributed by atoms with van der Waals surface area (Å²) in [6, 6.07) is 14.8. The highest BCUT2D eigenvalue weighted by Gasteiger charge is 2.15. The van der Waals surface area contributed by atoms with Gasteiger partial charge in [0.05, 0.1) is 12.4 Å². The molecule has 2 aromatic carbocycles. The third kappa shape index (κ3) is 6.86. The molecule has 0 radical (unpaired) electrons. The number of aryl methyl sites for hydroxylation is 1. The lowest BCUT2D eigenvalue weighted by Gasteiger charge is -2.15. The highest BCUT2D eigenvalue weighted by Crippen LogP contribution is 2.21. The number of hydrogen-bond donors (Lipinski definition) is 2. The van der Waals surface area contributed by atoms with Crippen LogP contribution in [0.5, 0.6) is 11.5 Å². The minimum absolute atomic E-state index is 0.208. The van der Waals surface area contributed by atoms with E-state index in [0.717, 1.165) is 16.2 Å². The molecule has 0 saturated carbocycles. The Morgan fingerprint density at radius 2 is 1.70 bits per heavy atom. The average molecular weight is 388 g/mol. The number of thioether (sulfide) groups is 1. The van der Waals surface area contributed by atoms with E-state index >= 15 is 0 Å². The van der Waals surface area contributed by atoms with Crippen molar-refractivity contribution in [3.63, 3.8) is 0 Å². The maximum absolute atomic E-state index is 12.1. The highest BCUT2D eigenvalue weighted by molar-refractivity contribution is 8.00. The lowest BCUT2D eigenvalue weighted by atomic mass is 10.2. The van der Waals surface area contributed by atoms with Crippen molar-refractivity contribution in [3.05, 3.63) is 54.1 Å². The van der Waals surface area contributed by atoms with Crippen LogP contribution in [-0.4, -0.2) is 30.3 Å². The van der Waals surface area contributed by atoms with E-state index in [1.807, 2.05) is 38.1 Å². The molecule has 0 aromatic heterocycles. The molecule has 2 rings (SSSR count). The summed E-state index contributed by atoms with van der Waals surface area (Å²) in [7, 11) is 0. The van der Waals surface area contributed by atoms with E-state index in [0.29, 0.717) is 12.4 Å². The van der Waals surface area contributed by atoms with E-state index in [2.05, 4.69) is 10.9 Å². The second kappa shape index (κ2) is 10.5. The van der Waals surface area contributed by atoms with Crippen LogP contribution >= 0.6 is 11.8 Å². The van der Waals surface area contributed by atoms with E-state index in [-0.39, 0.29) is 11.7 Å². The zero-order valence-electron chi connectivity index (χ0n) is 15.7. The first kappa shape index (κ1) is 20.6. The Kier molecular flexibility index (Phi) is 8.00. The summed E-state index contributed by atoms with van der Waals surface area (Å²) in [6.07, 6.45) is -0.757. The van der Waals surface area contributed by atoms with E-state index in [1.54, 1.807) is 31.2 Å². The molecule has 1 atom stereocenters. The summed E-state index contributed by atoms with van der Waals surface area (Å²) in [6.45, 7) is 6.09. The van der Waals surface area contributed by atoms with Crippen molar-refractivity contribution in [2.75, 3.05) is 12.4 Å². The summed E-state index contributed by atoms with van der Waals surface area (Å²) in [5, 5.41) is 0. The number of carbonyl (C=O) groups is 2. The second-order valence-corrected chi connectivity index (χ2v) is 6.77. The Bertz CT molecular complexity index is 765. The van der Waals surface area contributed by atoms with Crippen molar-refractivity contribution in [2.45, 2.75) is 31.8 Å². The summed E-state index contributed by atoms with van der Waals surface area (Å²) < 4.78 is 10.9. The van der Waals surface area contributed by atoms with Gasteiger partial charge in [-0.2, -0.15) is 0 Å². The normalized spacial score (nSPS) is 11.4. The number of ether oxygens (including phenoxy) is 2. The van der Waals surface area contributed by atoms with Gasteiger partial charge in [0.15, 0.2) is 6.10 Å². The SMILES string of the molecule is CCOc1ccc(O[C@H](C)C(=O)NNC(=O)CSc2ccccc2C)cc1. The first-order valence-electron chi connectivity index (χ1n) is 8.66. The molecule has 0 aliphatic heterocycles. The van der Waals surface area contributed by atoms with Crippen LogP contribution in [0.1, 0.15) is 19.4 Å². The molecule has 0 aliphatic carbocycles. The Hall–Kier alpha value is -2.67. The van der Waals surface area contributed by atoms with Gasteiger partial charge in [-0.1, -0.05) is 18.2 Å². The van der Waals surface area contributed by atoms with Crippen molar-refractivity contribution in [1.29, 1.82) is 0 Å². The lowest BCUT2D eigenvalue weighted by molar-refractivity contribution is -0.131. The first-order valence-corrected chi connectivity index (χ1v) is 9.64. The van der Waals surface area contributed by atoms with Crippen LogP contribution in [0.2, 0.25) is 0 Å². The fraction of sp³-hybridized carbons (Fsp3) is 0.300. The number of hydrazine groups is 1. The van der Waals surface area contributed by atoms with E-state index < -0.39 is 12.0 Å². The van der Waals surface area contributed by atoms with Crippen LogP contribution in [0.4, 0.5) is 0 Å². The lowest BCUT2D eigenvalue weighted by Crippen LogP contribution is -2.47. The zero-order valence-corrected chi connectivity index (χ0v) is 16.5. The molecule has 0 fully saturated rings. The quantitative estimate of drug-likeness (QED) is 0.537. The number of rotatable bonds is 8. The fourth-order valence-electron chi connectivity index (χ4n) is 2.17. The van der Waals surface area contributed by atoms with Gasteiger partial charge in [0.2, 0.25) is 5.91 Å². The Labute approximate surface area is 163 Å². The summed E-state index contributed by atoms with van der Waals surface area (Å²) in [5.41, 5.74) is 5.90. The number of hydrogen-bond acceptors (Lipinski definition) is 5. The predicted molar refractivity (Wildman–Crippen MR) is 106 cm³/mol. The Morgan fingerprint density at radius 1 is 1.04 bits per heavy atom. The maximum atomic E-state index is 12.1. The van der Waals surface area contributed by atoms with Gasteiger partial charge in [0, 0.05) is 4.90 Å².